The van der Waals surface area contributed by atoms with Crippen molar-refractivity contribution in [2.75, 3.05) is 30.3 Å². The molecule has 2 heterocycles. The lowest BCUT2D eigenvalue weighted by Crippen LogP contribution is -2.56. The van der Waals surface area contributed by atoms with Gasteiger partial charge in [-0.3, -0.25) is 14.5 Å². The summed E-state index contributed by atoms with van der Waals surface area (Å²) in [7, 11) is 0. The number of halogens is 1. The zero-order chi connectivity index (χ0) is 26.0. The van der Waals surface area contributed by atoms with E-state index in [4.69, 9.17) is 0 Å². The van der Waals surface area contributed by atoms with Crippen LogP contribution in [0.1, 0.15) is 42.9 Å². The first-order chi connectivity index (χ1) is 17.9. The van der Waals surface area contributed by atoms with Gasteiger partial charge < -0.3 is 16.0 Å². The monoisotopic (exact) mass is 500 g/mol. The number of nitrogens with zero attached hydrogens (tertiary/aromatic N) is 1. The quantitative estimate of drug-likeness (QED) is 0.434. The second-order valence-electron chi connectivity index (χ2n) is 9.99. The van der Waals surface area contributed by atoms with E-state index >= 15 is 0 Å². The van der Waals surface area contributed by atoms with Crippen LogP contribution in [0.4, 0.5) is 15.8 Å². The van der Waals surface area contributed by atoms with Crippen molar-refractivity contribution in [3.05, 3.63) is 95.3 Å². The number of carbonyl (C=O) groups excluding carboxylic acids is 2. The summed E-state index contributed by atoms with van der Waals surface area (Å²) in [5, 5.41) is 9.27. The first-order valence-electron chi connectivity index (χ1n) is 12.9. The number of piperidine rings is 1. The molecular formula is C30H33FN4O2. The number of nitrogens with one attached hydrogen (secondary N) is 3. The van der Waals surface area contributed by atoms with Crippen LogP contribution >= 0.6 is 0 Å². The van der Waals surface area contributed by atoms with Gasteiger partial charge in [-0.15, -0.1) is 0 Å². The van der Waals surface area contributed by atoms with Crippen LogP contribution < -0.4 is 16.0 Å². The van der Waals surface area contributed by atoms with Crippen molar-refractivity contribution in [2.45, 2.75) is 38.3 Å². The Hall–Kier alpha value is -3.71. The van der Waals surface area contributed by atoms with E-state index in [1.54, 1.807) is 0 Å². The number of rotatable bonds is 7. The molecule has 2 aliphatic rings. The summed E-state index contributed by atoms with van der Waals surface area (Å²) >= 11 is 0. The topological polar surface area (TPSA) is 73.5 Å². The van der Waals surface area contributed by atoms with Crippen LogP contribution in [0.5, 0.6) is 0 Å². The molecule has 3 aromatic rings. The zero-order valence-electron chi connectivity index (χ0n) is 21.3. The molecule has 7 heteroatoms. The lowest BCUT2D eigenvalue weighted by Gasteiger charge is -2.45. The van der Waals surface area contributed by atoms with Gasteiger partial charge >= 0.3 is 0 Å². The van der Waals surface area contributed by atoms with Crippen molar-refractivity contribution in [1.29, 1.82) is 0 Å². The van der Waals surface area contributed by atoms with Crippen molar-refractivity contribution in [2.24, 2.45) is 5.92 Å². The summed E-state index contributed by atoms with van der Waals surface area (Å²) in [6, 6.07) is 22.8. The number of fused-ring (bicyclic) bond motifs is 1. The molecule has 2 unspecified atom stereocenters. The molecule has 1 fully saturated rings. The first-order valence-corrected chi connectivity index (χ1v) is 12.9. The van der Waals surface area contributed by atoms with Gasteiger partial charge in [0.25, 0.3) is 0 Å². The lowest BCUT2D eigenvalue weighted by atomic mass is 9.77. The predicted octanol–water partition coefficient (Wildman–Crippen LogP) is 4.85. The summed E-state index contributed by atoms with van der Waals surface area (Å²) in [4.78, 5) is 29.1. The highest BCUT2D eigenvalue weighted by Gasteiger charge is 2.51. The highest BCUT2D eigenvalue weighted by Crippen LogP contribution is 2.47. The van der Waals surface area contributed by atoms with Crippen LogP contribution in [0.3, 0.4) is 0 Å². The largest absolute Gasteiger partial charge is 0.384 e. The maximum atomic E-state index is 14.7. The van der Waals surface area contributed by atoms with Crippen molar-refractivity contribution in [3.8, 4) is 0 Å². The number of benzene rings is 3. The third-order valence-electron chi connectivity index (χ3n) is 7.79. The Morgan fingerprint density at radius 2 is 1.81 bits per heavy atom. The van der Waals surface area contributed by atoms with E-state index < -0.39 is 11.4 Å². The van der Waals surface area contributed by atoms with Gasteiger partial charge in [-0.25, -0.2) is 4.39 Å². The molecule has 3 atom stereocenters. The standard InChI is InChI=1S/C30H33FN4O2/c1-3-32-26-17-22(31)16-25-27(26)34-29(37)30(25,2)35-15-14-23(21-12-8-5-9-13-21)24(19-35)28(36)33-18-20-10-6-4-7-11-20/h4-13,16-17,23-24,32H,3,14-15,18-19H2,1-2H3,(H,33,36)(H,34,37)/t23?,24?,30-/m0/s1. The fourth-order valence-corrected chi connectivity index (χ4v) is 5.77. The molecule has 0 aromatic heterocycles. The van der Waals surface area contributed by atoms with Crippen LogP contribution in [-0.4, -0.2) is 36.3 Å². The number of hydrogen-bond donors (Lipinski definition) is 3. The first kappa shape index (κ1) is 25.0. The Labute approximate surface area is 217 Å². The predicted molar refractivity (Wildman–Crippen MR) is 144 cm³/mol. The molecule has 2 aliphatic heterocycles. The van der Waals surface area contributed by atoms with E-state index in [9.17, 15) is 14.0 Å². The van der Waals surface area contributed by atoms with Crippen molar-refractivity contribution in [1.82, 2.24) is 10.2 Å². The van der Waals surface area contributed by atoms with Gasteiger partial charge in [-0.1, -0.05) is 60.7 Å². The van der Waals surface area contributed by atoms with Gasteiger partial charge in [-0.2, -0.15) is 0 Å². The van der Waals surface area contributed by atoms with Crippen molar-refractivity contribution < 1.29 is 14.0 Å². The van der Waals surface area contributed by atoms with Crippen LogP contribution in [0.25, 0.3) is 0 Å². The average molecular weight is 501 g/mol. The molecule has 3 N–H and O–H groups in total. The normalized spacial score (nSPS) is 23.3. The number of anilines is 2. The maximum Gasteiger partial charge on any atom is 0.249 e. The van der Waals surface area contributed by atoms with E-state index in [2.05, 4.69) is 33.0 Å². The molecule has 3 aromatic carbocycles. The number of likely N-dealkylation sites (tertiary alicyclic amines) is 1. The minimum Gasteiger partial charge on any atom is -0.384 e. The average Bonchev–Trinajstić information content (AvgIpc) is 3.19. The molecule has 1 saturated heterocycles. The van der Waals surface area contributed by atoms with Gasteiger partial charge in [0.2, 0.25) is 11.8 Å². The number of amides is 2. The summed E-state index contributed by atoms with van der Waals surface area (Å²) in [6.45, 7) is 5.81. The second-order valence-corrected chi connectivity index (χ2v) is 9.99. The highest BCUT2D eigenvalue weighted by atomic mass is 19.1. The Morgan fingerprint density at radius 3 is 2.51 bits per heavy atom. The minimum atomic E-state index is -1.08. The molecule has 37 heavy (non-hydrogen) atoms. The number of hydrogen-bond acceptors (Lipinski definition) is 4. The van der Waals surface area contributed by atoms with Gasteiger partial charge in [0.05, 0.1) is 17.3 Å². The van der Waals surface area contributed by atoms with Crippen molar-refractivity contribution in [3.63, 3.8) is 0 Å². The Bertz CT molecular complexity index is 1280. The molecule has 6 nitrogen and oxygen atoms in total. The van der Waals surface area contributed by atoms with E-state index in [-0.39, 0.29) is 23.7 Å². The Morgan fingerprint density at radius 1 is 1.11 bits per heavy atom. The van der Waals surface area contributed by atoms with Crippen LogP contribution in [0, 0.1) is 11.7 Å². The van der Waals surface area contributed by atoms with Gasteiger partial charge in [-0.05, 0) is 49.4 Å². The number of carbonyl (C=O) groups is 2. The van der Waals surface area contributed by atoms with Crippen LogP contribution in [0.2, 0.25) is 0 Å². The molecule has 0 radical (unpaired) electrons. The zero-order valence-corrected chi connectivity index (χ0v) is 21.3. The summed E-state index contributed by atoms with van der Waals surface area (Å²) < 4.78 is 14.7. The fourth-order valence-electron chi connectivity index (χ4n) is 5.77. The molecule has 0 bridgehead atoms. The summed E-state index contributed by atoms with van der Waals surface area (Å²) in [5.74, 6) is -0.985. The van der Waals surface area contributed by atoms with E-state index in [1.165, 1.54) is 12.1 Å². The highest BCUT2D eigenvalue weighted by molar-refractivity contribution is 6.08. The lowest BCUT2D eigenvalue weighted by molar-refractivity contribution is -0.134. The summed E-state index contributed by atoms with van der Waals surface area (Å²) in [5.41, 5.74) is 2.86. The minimum absolute atomic E-state index is 0.0191. The molecular weight excluding hydrogens is 467 g/mol. The van der Waals surface area contributed by atoms with E-state index in [0.29, 0.717) is 49.5 Å². The summed E-state index contributed by atoms with van der Waals surface area (Å²) in [6.07, 6.45) is 0.709. The smallest absolute Gasteiger partial charge is 0.249 e. The maximum absolute atomic E-state index is 14.7. The SMILES string of the molecule is CCNc1cc(F)cc2c1NC(=O)[C@@]2(C)N1CCC(c2ccccc2)C(C(=O)NCc2ccccc2)C1. The van der Waals surface area contributed by atoms with Crippen LogP contribution in [0.15, 0.2) is 72.8 Å². The van der Waals surface area contributed by atoms with Gasteiger partial charge in [0.15, 0.2) is 0 Å². The molecule has 2 amide bonds. The fraction of sp³-hybridized carbons (Fsp3) is 0.333. The molecule has 0 spiro atoms. The third-order valence-corrected chi connectivity index (χ3v) is 7.79. The molecule has 0 saturated carbocycles. The molecule has 192 valence electrons. The van der Waals surface area contributed by atoms with E-state index in [1.807, 2.05) is 62.4 Å². The van der Waals surface area contributed by atoms with Crippen molar-refractivity contribution >= 4 is 23.2 Å². The Balaban J connectivity index is 1.46. The Kier molecular flexibility index (Phi) is 6.98. The van der Waals surface area contributed by atoms with Crippen LogP contribution in [-0.2, 0) is 21.7 Å². The third kappa shape index (κ3) is 4.71. The van der Waals surface area contributed by atoms with E-state index in [0.717, 1.165) is 11.1 Å². The van der Waals surface area contributed by atoms with Gasteiger partial charge in [0, 0.05) is 31.7 Å². The van der Waals surface area contributed by atoms with Gasteiger partial charge in [0.1, 0.15) is 11.4 Å². The molecule has 5 rings (SSSR count). The molecule has 0 aliphatic carbocycles. The second kappa shape index (κ2) is 10.3.